The van der Waals surface area contributed by atoms with Crippen molar-refractivity contribution in [3.63, 3.8) is 0 Å². The Morgan fingerprint density at radius 3 is 0.885 bits per heavy atom. The van der Waals surface area contributed by atoms with Gasteiger partial charge in [0.25, 0.3) is 0 Å². The number of para-hydroxylation sites is 2. The fourth-order valence-corrected chi connectivity index (χ4v) is 7.89. The van der Waals surface area contributed by atoms with Crippen molar-refractivity contribution in [1.29, 1.82) is 0 Å². The lowest BCUT2D eigenvalue weighted by atomic mass is 10.1. The van der Waals surface area contributed by atoms with Crippen LogP contribution in [0.5, 0.6) is 0 Å². The highest BCUT2D eigenvalue weighted by atomic mass is 15.2. The van der Waals surface area contributed by atoms with Crippen molar-refractivity contribution in [1.82, 2.24) is 29.6 Å². The summed E-state index contributed by atoms with van der Waals surface area (Å²) in [6, 6.07) is 24.4. The van der Waals surface area contributed by atoms with E-state index in [2.05, 4.69) is 145 Å². The summed E-state index contributed by atoms with van der Waals surface area (Å²) in [5, 5.41) is 0. The number of hydrogen-bond donors (Lipinski definition) is 0. The molecule has 0 saturated heterocycles. The minimum absolute atomic E-state index is 0.469. The van der Waals surface area contributed by atoms with Gasteiger partial charge in [0, 0.05) is 103 Å². The van der Waals surface area contributed by atoms with Crippen LogP contribution in [-0.2, 0) is 26.2 Å². The summed E-state index contributed by atoms with van der Waals surface area (Å²) in [7, 11) is 0. The van der Waals surface area contributed by atoms with E-state index in [9.17, 15) is 0 Å². The van der Waals surface area contributed by atoms with Gasteiger partial charge in [-0.15, -0.1) is 0 Å². The Kier molecular flexibility index (Phi) is 15.3. The number of anilines is 2. The predicted octanol–water partition coefficient (Wildman–Crippen LogP) is 7.92. The van der Waals surface area contributed by atoms with Gasteiger partial charge in [-0.25, -0.2) is 0 Å². The van der Waals surface area contributed by atoms with Gasteiger partial charge in [-0.2, -0.15) is 0 Å². The third-order valence-corrected chi connectivity index (χ3v) is 11.2. The Morgan fingerprint density at radius 1 is 0.365 bits per heavy atom. The number of nitrogens with zero attached hydrogens (tertiary/aromatic N) is 8. The number of aromatic nitrogens is 2. The van der Waals surface area contributed by atoms with Crippen LogP contribution in [0.3, 0.4) is 0 Å². The molecule has 8 nitrogen and oxygen atoms in total. The molecule has 0 atom stereocenters. The second kappa shape index (κ2) is 19.9. The molecule has 0 unspecified atom stereocenters. The van der Waals surface area contributed by atoms with Gasteiger partial charge in [-0.3, -0.25) is 29.6 Å². The Labute approximate surface area is 317 Å². The van der Waals surface area contributed by atoms with Crippen molar-refractivity contribution >= 4 is 11.4 Å². The fraction of sp³-hybridized carbons (Fsp3) is 0.636. The monoisotopic (exact) mass is 711 g/mol. The number of benzene rings is 1. The Bertz CT molecular complexity index is 1300. The average molecular weight is 711 g/mol. The summed E-state index contributed by atoms with van der Waals surface area (Å²) < 4.78 is 0. The molecule has 0 amide bonds. The van der Waals surface area contributed by atoms with E-state index in [0.717, 1.165) is 104 Å². The lowest BCUT2D eigenvalue weighted by molar-refractivity contribution is 0.199. The summed E-state index contributed by atoms with van der Waals surface area (Å²) >= 11 is 0. The molecule has 0 radical (unpaired) electrons. The first kappa shape index (κ1) is 40.2. The molecule has 0 N–H and O–H groups in total. The summed E-state index contributed by atoms with van der Waals surface area (Å²) in [6.45, 7) is 30.7. The maximum atomic E-state index is 5.13. The van der Waals surface area contributed by atoms with Crippen molar-refractivity contribution in [2.24, 2.45) is 0 Å². The molecule has 8 heteroatoms. The van der Waals surface area contributed by atoms with Crippen molar-refractivity contribution in [3.05, 3.63) is 83.4 Å². The highest BCUT2D eigenvalue weighted by Crippen LogP contribution is 2.31. The van der Waals surface area contributed by atoms with E-state index in [1.54, 1.807) is 0 Å². The SMILES string of the molecule is CC(C)N1CCCN(c2ccccc2N2CCCN(C(C)C)Cc3cccc(n3)CN(C(C)C)CCC2)CCCN(C(C)C)Cc2cccc(n2)C1. The molecule has 3 aromatic rings. The molecular weight excluding hydrogens is 641 g/mol. The number of fused-ring (bicyclic) bond motifs is 4. The Morgan fingerprint density at radius 2 is 0.635 bits per heavy atom. The summed E-state index contributed by atoms with van der Waals surface area (Å²) in [5.74, 6) is 0. The van der Waals surface area contributed by atoms with Crippen LogP contribution in [-0.4, -0.2) is 106 Å². The largest absolute Gasteiger partial charge is 0.370 e. The van der Waals surface area contributed by atoms with Crippen LogP contribution in [0.25, 0.3) is 0 Å². The zero-order chi connectivity index (χ0) is 37.0. The predicted molar refractivity (Wildman–Crippen MR) is 220 cm³/mol. The van der Waals surface area contributed by atoms with Gasteiger partial charge < -0.3 is 9.80 Å². The quantitative estimate of drug-likeness (QED) is 0.256. The number of pyridine rings is 2. The molecular formula is C44H70N8. The molecule has 2 aliphatic rings. The van der Waals surface area contributed by atoms with Crippen molar-refractivity contribution in [2.45, 2.75) is 131 Å². The third-order valence-electron chi connectivity index (χ3n) is 11.2. The van der Waals surface area contributed by atoms with Crippen LogP contribution in [0.2, 0.25) is 0 Å². The minimum atomic E-state index is 0.469. The van der Waals surface area contributed by atoms with Gasteiger partial charge in [0.1, 0.15) is 0 Å². The summed E-state index contributed by atoms with van der Waals surface area (Å²) in [6.07, 6.45) is 4.50. The maximum absolute atomic E-state index is 5.13. The maximum Gasteiger partial charge on any atom is 0.0604 e. The second-order valence-corrected chi connectivity index (χ2v) is 16.4. The molecule has 52 heavy (non-hydrogen) atoms. The van der Waals surface area contributed by atoms with E-state index in [1.807, 2.05) is 0 Å². The molecule has 0 spiro atoms. The number of hydrogen-bond acceptors (Lipinski definition) is 8. The van der Waals surface area contributed by atoms with E-state index in [0.29, 0.717) is 24.2 Å². The molecule has 1 aromatic carbocycles. The van der Waals surface area contributed by atoms with Gasteiger partial charge in [-0.1, -0.05) is 24.3 Å². The third kappa shape index (κ3) is 11.7. The van der Waals surface area contributed by atoms with E-state index in [4.69, 9.17) is 9.97 Å². The van der Waals surface area contributed by atoms with Gasteiger partial charge >= 0.3 is 0 Å². The molecule has 5 rings (SSSR count). The smallest absolute Gasteiger partial charge is 0.0604 e. The first-order valence-electron chi connectivity index (χ1n) is 20.5. The molecule has 286 valence electrons. The van der Waals surface area contributed by atoms with Crippen molar-refractivity contribution in [2.75, 3.05) is 62.2 Å². The van der Waals surface area contributed by atoms with Crippen LogP contribution in [0.1, 0.15) is 104 Å². The molecule has 2 aromatic heterocycles. The summed E-state index contributed by atoms with van der Waals surface area (Å²) in [4.78, 5) is 26.1. The zero-order valence-corrected chi connectivity index (χ0v) is 34.0. The van der Waals surface area contributed by atoms with Crippen LogP contribution in [0.4, 0.5) is 11.4 Å². The molecule has 2 aliphatic heterocycles. The lowest BCUT2D eigenvalue weighted by Crippen LogP contribution is -2.39. The van der Waals surface area contributed by atoms with Gasteiger partial charge in [0.05, 0.1) is 34.2 Å². The molecule has 0 aliphatic carbocycles. The van der Waals surface area contributed by atoms with Crippen LogP contribution < -0.4 is 9.80 Å². The van der Waals surface area contributed by atoms with Crippen LogP contribution in [0, 0.1) is 0 Å². The van der Waals surface area contributed by atoms with Crippen LogP contribution >= 0.6 is 0 Å². The van der Waals surface area contributed by atoms with E-state index >= 15 is 0 Å². The van der Waals surface area contributed by atoms with Gasteiger partial charge in [0.2, 0.25) is 0 Å². The highest BCUT2D eigenvalue weighted by Gasteiger charge is 2.22. The minimum Gasteiger partial charge on any atom is -0.370 e. The normalized spacial score (nSPS) is 19.4. The molecule has 0 saturated carbocycles. The summed E-state index contributed by atoms with van der Waals surface area (Å²) in [5.41, 5.74) is 7.55. The zero-order valence-electron chi connectivity index (χ0n) is 34.0. The van der Waals surface area contributed by atoms with Crippen molar-refractivity contribution < 1.29 is 0 Å². The van der Waals surface area contributed by atoms with E-state index < -0.39 is 0 Å². The first-order chi connectivity index (χ1) is 25.1. The first-order valence-corrected chi connectivity index (χ1v) is 20.5. The van der Waals surface area contributed by atoms with Gasteiger partial charge in [0.15, 0.2) is 0 Å². The standard InChI is InChI=1S/C44H70N8/c1-35(2)49-27-13-23-47(24-14-28-50(36(3)4)32-40-18-11-17-39(31-49)45-40)43-21-9-10-22-44(43)48-25-15-29-51(37(5)6)33-41-19-12-20-42(46-41)34-52(38(7)8)30-16-26-48/h9-12,17-22,35-38H,13-16,23-34H2,1-8H3. The van der Waals surface area contributed by atoms with Gasteiger partial charge in [-0.05, 0) is 117 Å². The number of rotatable bonds is 6. The van der Waals surface area contributed by atoms with E-state index in [-0.39, 0.29) is 0 Å². The Balaban J connectivity index is 1.41. The topological polar surface area (TPSA) is 45.2 Å². The lowest BCUT2D eigenvalue weighted by Gasteiger charge is -2.36. The van der Waals surface area contributed by atoms with Crippen molar-refractivity contribution in [3.8, 4) is 0 Å². The Hall–Kier alpha value is -3.04. The fourth-order valence-electron chi connectivity index (χ4n) is 7.89. The molecule has 4 heterocycles. The molecule has 0 fully saturated rings. The van der Waals surface area contributed by atoms with Crippen LogP contribution in [0.15, 0.2) is 60.7 Å². The second-order valence-electron chi connectivity index (χ2n) is 16.4. The molecule has 4 bridgehead atoms. The van der Waals surface area contributed by atoms with E-state index in [1.165, 1.54) is 34.2 Å². The average Bonchev–Trinajstić information content (AvgIpc) is 3.11. The highest BCUT2D eigenvalue weighted by molar-refractivity contribution is 5.71.